The average molecular weight is 727 g/mol. The minimum absolute atomic E-state index is 0.0432. The van der Waals surface area contributed by atoms with Gasteiger partial charge in [-0.2, -0.15) is 0 Å². The van der Waals surface area contributed by atoms with E-state index in [4.69, 9.17) is 14.2 Å². The molecule has 0 radical (unpaired) electrons. The molecule has 0 aromatic heterocycles. The third kappa shape index (κ3) is 33.9. The van der Waals surface area contributed by atoms with Crippen LogP contribution in [-0.4, -0.2) is 80.6 Å². The number of hydrogen-bond acceptors (Lipinski definition) is 6. The van der Waals surface area contributed by atoms with Crippen molar-refractivity contribution >= 4 is 17.9 Å². The topological polar surface area (TPSA) is 99.1 Å². The van der Waals surface area contributed by atoms with Gasteiger partial charge in [0.2, 0.25) is 0 Å². The number of hydrogen-bond donors (Lipinski definition) is 1. The average Bonchev–Trinajstić information content (AvgIpc) is 3.08. The molecule has 0 saturated carbocycles. The molecule has 2 atom stereocenters. The van der Waals surface area contributed by atoms with E-state index >= 15 is 0 Å². The fourth-order valence-corrected chi connectivity index (χ4v) is 6.62. The maximum Gasteiger partial charge on any atom is 0.362 e. The normalized spacial score (nSPS) is 12.9. The molecule has 302 valence electrons. The Balaban J connectivity index is 4.20. The van der Waals surface area contributed by atoms with Gasteiger partial charge in [0.15, 0.2) is 12.1 Å². The summed E-state index contributed by atoms with van der Waals surface area (Å²) >= 11 is 0. The van der Waals surface area contributed by atoms with E-state index in [-0.39, 0.29) is 36.2 Å². The second-order valence-corrected chi connectivity index (χ2v) is 16.0. The molecule has 0 spiro atoms. The first-order valence-electron chi connectivity index (χ1n) is 21.6. The molecule has 0 aromatic carbocycles. The lowest BCUT2D eigenvalue weighted by atomic mass is 10.0. The zero-order valence-corrected chi connectivity index (χ0v) is 34.3. The Morgan fingerprint density at radius 2 is 0.863 bits per heavy atom. The monoisotopic (exact) mass is 727 g/mol. The smallest absolute Gasteiger partial charge is 0.362 e. The van der Waals surface area contributed by atoms with Crippen LogP contribution in [0.25, 0.3) is 0 Å². The first kappa shape index (κ1) is 49.3. The lowest BCUT2D eigenvalue weighted by Crippen LogP contribution is -2.50. The standard InChI is InChI=1S/C43H83NO7/c1-6-8-10-12-14-16-17-18-19-20-21-22-23-24-25-26-28-30-32-34-42(46)51-39(37-49-36-35-40(43(47)48)44(3,4)5)38-50-41(45)33-31-29-27-15-13-11-9-7-2/h39-40H,6-38H2,1-5H3/p+1. The molecule has 0 rings (SSSR count). The number of ether oxygens (including phenoxy) is 3. The van der Waals surface area contributed by atoms with Crippen LogP contribution >= 0.6 is 0 Å². The van der Waals surface area contributed by atoms with Gasteiger partial charge in [-0.15, -0.1) is 0 Å². The largest absolute Gasteiger partial charge is 0.477 e. The zero-order chi connectivity index (χ0) is 37.8. The van der Waals surface area contributed by atoms with Crippen molar-refractivity contribution in [3.8, 4) is 0 Å². The molecule has 0 amide bonds. The Bertz CT molecular complexity index is 813. The van der Waals surface area contributed by atoms with Gasteiger partial charge in [0, 0.05) is 19.3 Å². The van der Waals surface area contributed by atoms with Gasteiger partial charge in [-0.05, 0) is 12.8 Å². The first-order valence-corrected chi connectivity index (χ1v) is 21.6. The van der Waals surface area contributed by atoms with Crippen LogP contribution in [0.1, 0.15) is 206 Å². The molecule has 0 aliphatic rings. The second kappa shape index (κ2) is 35.4. The third-order valence-corrected chi connectivity index (χ3v) is 10.0. The summed E-state index contributed by atoms with van der Waals surface area (Å²) in [7, 11) is 5.53. The fraction of sp³-hybridized carbons (Fsp3) is 0.930. The second-order valence-electron chi connectivity index (χ2n) is 16.0. The predicted octanol–water partition coefficient (Wildman–Crippen LogP) is 11.4. The van der Waals surface area contributed by atoms with Gasteiger partial charge in [0.25, 0.3) is 0 Å². The summed E-state index contributed by atoms with van der Waals surface area (Å²) in [5.41, 5.74) is 0. The van der Waals surface area contributed by atoms with E-state index in [2.05, 4.69) is 13.8 Å². The maximum absolute atomic E-state index is 12.7. The van der Waals surface area contributed by atoms with Crippen molar-refractivity contribution in [2.45, 2.75) is 219 Å². The molecule has 8 heteroatoms. The highest BCUT2D eigenvalue weighted by Gasteiger charge is 2.31. The molecule has 0 bridgehead atoms. The molecule has 2 unspecified atom stereocenters. The van der Waals surface area contributed by atoms with Gasteiger partial charge in [-0.3, -0.25) is 9.59 Å². The minimum Gasteiger partial charge on any atom is -0.477 e. The Hall–Kier alpha value is -1.67. The van der Waals surface area contributed by atoms with Crippen LogP contribution in [0, 0.1) is 0 Å². The molecule has 8 nitrogen and oxygen atoms in total. The number of likely N-dealkylation sites (N-methyl/N-ethyl adjacent to an activating group) is 1. The highest BCUT2D eigenvalue weighted by Crippen LogP contribution is 2.16. The van der Waals surface area contributed by atoms with E-state index in [0.29, 0.717) is 19.3 Å². The molecule has 0 aromatic rings. The summed E-state index contributed by atoms with van der Waals surface area (Å²) in [5, 5.41) is 9.59. The van der Waals surface area contributed by atoms with E-state index in [9.17, 15) is 19.5 Å². The molecule has 0 aliphatic carbocycles. The van der Waals surface area contributed by atoms with Crippen molar-refractivity contribution in [3.05, 3.63) is 0 Å². The van der Waals surface area contributed by atoms with Gasteiger partial charge in [-0.1, -0.05) is 174 Å². The number of quaternary nitrogens is 1. The van der Waals surface area contributed by atoms with Crippen molar-refractivity contribution in [2.75, 3.05) is 41.0 Å². The Morgan fingerprint density at radius 1 is 0.510 bits per heavy atom. The molecule has 1 N–H and O–H groups in total. The number of rotatable bonds is 39. The van der Waals surface area contributed by atoms with Crippen LogP contribution in [0.2, 0.25) is 0 Å². The van der Waals surface area contributed by atoms with Crippen molar-refractivity contribution < 1.29 is 38.2 Å². The van der Waals surface area contributed by atoms with Crippen LogP contribution in [0.15, 0.2) is 0 Å². The number of carboxylic acid groups (broad SMARTS) is 1. The first-order chi connectivity index (χ1) is 24.6. The summed E-state index contributed by atoms with van der Waals surface area (Å²) < 4.78 is 17.2. The highest BCUT2D eigenvalue weighted by molar-refractivity contribution is 5.72. The number of carboxylic acids is 1. The number of carbonyl (C=O) groups is 3. The number of aliphatic carboxylic acids is 1. The summed E-state index contributed by atoms with van der Waals surface area (Å²) in [6, 6.07) is -0.607. The number of esters is 2. The van der Waals surface area contributed by atoms with Gasteiger partial charge in [0.1, 0.15) is 6.61 Å². The summed E-state index contributed by atoms with van der Waals surface area (Å²) in [6.45, 7) is 4.73. The number of unbranched alkanes of at least 4 members (excludes halogenated alkanes) is 25. The van der Waals surface area contributed by atoms with E-state index in [0.717, 1.165) is 38.5 Å². The number of nitrogens with zero attached hydrogens (tertiary/aromatic N) is 1. The van der Waals surface area contributed by atoms with Crippen molar-refractivity contribution in [1.29, 1.82) is 0 Å². The van der Waals surface area contributed by atoms with E-state index in [1.54, 1.807) is 0 Å². The van der Waals surface area contributed by atoms with Crippen molar-refractivity contribution in [1.82, 2.24) is 0 Å². The van der Waals surface area contributed by atoms with Crippen LogP contribution in [0.5, 0.6) is 0 Å². The minimum atomic E-state index is -0.872. The van der Waals surface area contributed by atoms with Gasteiger partial charge in [0.05, 0.1) is 34.4 Å². The quantitative estimate of drug-likeness (QED) is 0.0382. The van der Waals surface area contributed by atoms with Crippen LogP contribution in [0.3, 0.4) is 0 Å². The highest BCUT2D eigenvalue weighted by atomic mass is 16.6. The summed E-state index contributed by atoms with van der Waals surface area (Å²) in [6.07, 6.45) is 34.4. The molecule has 0 fully saturated rings. The van der Waals surface area contributed by atoms with Crippen LogP contribution in [0.4, 0.5) is 0 Å². The van der Waals surface area contributed by atoms with Gasteiger partial charge < -0.3 is 23.8 Å². The Kier molecular flexibility index (Phi) is 34.2. The van der Waals surface area contributed by atoms with E-state index < -0.39 is 18.1 Å². The maximum atomic E-state index is 12.7. The predicted molar refractivity (Wildman–Crippen MR) is 211 cm³/mol. The fourth-order valence-electron chi connectivity index (χ4n) is 6.62. The molecule has 0 saturated heterocycles. The summed E-state index contributed by atoms with van der Waals surface area (Å²) in [5.74, 6) is -1.45. The van der Waals surface area contributed by atoms with Crippen molar-refractivity contribution in [3.63, 3.8) is 0 Å². The molecule has 51 heavy (non-hydrogen) atoms. The lowest BCUT2D eigenvalue weighted by molar-refractivity contribution is -0.887. The van der Waals surface area contributed by atoms with Gasteiger partial charge in [-0.25, -0.2) is 4.79 Å². The van der Waals surface area contributed by atoms with E-state index in [1.165, 1.54) is 135 Å². The summed E-state index contributed by atoms with van der Waals surface area (Å²) in [4.78, 5) is 36.8. The SMILES string of the molecule is CCCCCCCCCCCCCCCCCCCCCC(=O)OC(COCCC(C(=O)O)[N+](C)(C)C)COC(=O)CCCCCCCCCC. The molecule has 0 heterocycles. The van der Waals surface area contributed by atoms with Crippen LogP contribution in [-0.2, 0) is 28.6 Å². The Morgan fingerprint density at radius 3 is 1.22 bits per heavy atom. The van der Waals surface area contributed by atoms with Gasteiger partial charge >= 0.3 is 17.9 Å². The Labute approximate surface area is 315 Å². The van der Waals surface area contributed by atoms with Crippen molar-refractivity contribution in [2.24, 2.45) is 0 Å². The molecular formula is C43H84NO7+. The van der Waals surface area contributed by atoms with Crippen LogP contribution < -0.4 is 0 Å². The van der Waals surface area contributed by atoms with E-state index in [1.807, 2.05) is 21.1 Å². The lowest BCUT2D eigenvalue weighted by Gasteiger charge is -2.31. The molecule has 0 aliphatic heterocycles. The molecular weight excluding hydrogens is 642 g/mol. The number of carbonyl (C=O) groups excluding carboxylic acids is 2. The third-order valence-electron chi connectivity index (χ3n) is 10.0. The zero-order valence-electron chi connectivity index (χ0n) is 34.3.